The van der Waals surface area contributed by atoms with Crippen molar-refractivity contribution in [1.82, 2.24) is 34.4 Å². The number of anilines is 1. The molecule has 3 aromatic heterocycles. The Bertz CT molecular complexity index is 1850. The number of nitrogens with zero attached hydrogens (tertiary/aromatic N) is 7. The second-order valence-corrected chi connectivity index (χ2v) is 13.8. The first-order chi connectivity index (χ1) is 20.9. The number of aromatic nitrogens is 6. The summed E-state index contributed by atoms with van der Waals surface area (Å²) in [5.74, 6) is 0.545. The monoisotopic (exact) mass is 642 g/mol. The average molecular weight is 644 g/mol. The minimum absolute atomic E-state index is 0.0191. The zero-order chi connectivity index (χ0) is 31.1. The van der Waals surface area contributed by atoms with Gasteiger partial charge >= 0.3 is 6.09 Å². The number of benzene rings is 1. The number of carbonyl (C=O) groups is 1. The molecule has 3 saturated heterocycles. The Morgan fingerprint density at radius 1 is 1.09 bits per heavy atom. The number of amides is 1. The average Bonchev–Trinajstić information content (AvgIpc) is 3.71. The zero-order valence-electron chi connectivity index (χ0n) is 25.4. The lowest BCUT2D eigenvalue weighted by Crippen LogP contribution is -2.46. The number of nitrogens with one attached hydrogen (secondary N) is 1. The van der Waals surface area contributed by atoms with E-state index in [1.165, 1.54) is 0 Å². The summed E-state index contributed by atoms with van der Waals surface area (Å²) in [4.78, 5) is 34.3. The van der Waals surface area contributed by atoms with Gasteiger partial charge in [0.2, 0.25) is 5.95 Å². The third-order valence-electron chi connectivity index (χ3n) is 8.93. The van der Waals surface area contributed by atoms with E-state index in [9.17, 15) is 9.59 Å². The fourth-order valence-electron chi connectivity index (χ4n) is 7.00. The Morgan fingerprint density at radius 3 is 2.61 bits per heavy atom. The molecule has 3 fully saturated rings. The molecule has 1 aromatic carbocycles. The SMILES string of the molecule is Cn1nc2ccc(-c3nn(C4CCCCO4)c4nc(N5[C@H]6CC[C@@H]5[C@H](NC(=O)OC(C)(C)C)C6)n(C)c(=O)c34)c(Cl)c2c1Cl. The first kappa shape index (κ1) is 29.4. The van der Waals surface area contributed by atoms with E-state index in [1.807, 2.05) is 32.9 Å². The van der Waals surface area contributed by atoms with Crippen LogP contribution in [-0.4, -0.2) is 65.5 Å². The lowest BCUT2D eigenvalue weighted by molar-refractivity contribution is -0.0368. The van der Waals surface area contributed by atoms with Crippen LogP contribution in [0.5, 0.6) is 0 Å². The van der Waals surface area contributed by atoms with Gasteiger partial charge in [0.25, 0.3) is 5.56 Å². The lowest BCUT2D eigenvalue weighted by atomic mass is 9.96. The normalized spacial score (nSPS) is 23.7. The molecular weight excluding hydrogens is 607 g/mol. The van der Waals surface area contributed by atoms with Gasteiger partial charge in [0.05, 0.1) is 28.0 Å². The minimum atomic E-state index is -0.592. The number of ether oxygens (including phenoxy) is 2. The molecule has 7 rings (SSSR count). The molecule has 0 radical (unpaired) electrons. The number of fused-ring (bicyclic) bond motifs is 4. The molecule has 12 nitrogen and oxygen atoms in total. The highest BCUT2D eigenvalue weighted by Gasteiger charge is 2.49. The third-order valence-corrected chi connectivity index (χ3v) is 9.76. The maximum atomic E-state index is 14.3. The Labute approximate surface area is 264 Å². The Morgan fingerprint density at radius 2 is 1.89 bits per heavy atom. The van der Waals surface area contributed by atoms with Crippen LogP contribution in [0.3, 0.4) is 0 Å². The van der Waals surface area contributed by atoms with Crippen molar-refractivity contribution in [3.63, 3.8) is 0 Å². The van der Waals surface area contributed by atoms with Crippen molar-refractivity contribution in [1.29, 1.82) is 0 Å². The number of carbonyl (C=O) groups excluding carboxylic acids is 1. The number of hydrogen-bond acceptors (Lipinski definition) is 8. The van der Waals surface area contributed by atoms with Crippen molar-refractivity contribution in [3.05, 3.63) is 32.7 Å². The van der Waals surface area contributed by atoms with Crippen molar-refractivity contribution < 1.29 is 14.3 Å². The highest BCUT2D eigenvalue weighted by atomic mass is 35.5. The lowest BCUT2D eigenvalue weighted by Gasteiger charge is -2.28. The fourth-order valence-corrected chi connectivity index (χ4v) is 7.62. The van der Waals surface area contributed by atoms with E-state index in [0.29, 0.717) is 55.9 Å². The van der Waals surface area contributed by atoms with Crippen LogP contribution in [0, 0.1) is 0 Å². The maximum Gasteiger partial charge on any atom is 0.407 e. The van der Waals surface area contributed by atoms with Gasteiger partial charge < -0.3 is 19.7 Å². The molecule has 3 aliphatic heterocycles. The maximum absolute atomic E-state index is 14.3. The predicted molar refractivity (Wildman–Crippen MR) is 168 cm³/mol. The molecule has 3 aliphatic rings. The predicted octanol–water partition coefficient (Wildman–Crippen LogP) is 5.32. The van der Waals surface area contributed by atoms with Crippen LogP contribution >= 0.6 is 23.2 Å². The van der Waals surface area contributed by atoms with Gasteiger partial charge in [-0.1, -0.05) is 23.2 Å². The zero-order valence-corrected chi connectivity index (χ0v) is 26.9. The largest absolute Gasteiger partial charge is 0.444 e. The van der Waals surface area contributed by atoms with Gasteiger partial charge in [0, 0.05) is 32.3 Å². The summed E-state index contributed by atoms with van der Waals surface area (Å²) in [5, 5.41) is 14.2. The molecule has 234 valence electrons. The van der Waals surface area contributed by atoms with Gasteiger partial charge in [-0.3, -0.25) is 14.0 Å². The van der Waals surface area contributed by atoms with E-state index in [0.717, 1.165) is 38.5 Å². The molecule has 4 aromatic rings. The summed E-state index contributed by atoms with van der Waals surface area (Å²) >= 11 is 13.5. The molecule has 1 amide bonds. The topological polar surface area (TPSA) is 121 Å². The van der Waals surface area contributed by atoms with Crippen molar-refractivity contribution in [2.45, 2.75) is 89.3 Å². The Kier molecular flexibility index (Phi) is 7.09. The van der Waals surface area contributed by atoms with Crippen molar-refractivity contribution >= 4 is 57.2 Å². The van der Waals surface area contributed by atoms with E-state index in [-0.39, 0.29) is 29.9 Å². The molecule has 0 saturated carbocycles. The third kappa shape index (κ3) is 4.73. The smallest absolute Gasteiger partial charge is 0.407 e. The summed E-state index contributed by atoms with van der Waals surface area (Å²) in [6.07, 6.45) is 4.45. The van der Waals surface area contributed by atoms with E-state index >= 15 is 0 Å². The van der Waals surface area contributed by atoms with Crippen molar-refractivity contribution in [2.75, 3.05) is 11.5 Å². The molecule has 0 spiro atoms. The second-order valence-electron chi connectivity index (χ2n) is 13.0. The van der Waals surface area contributed by atoms with Crippen LogP contribution in [-0.2, 0) is 23.6 Å². The van der Waals surface area contributed by atoms with Gasteiger partial charge in [0.1, 0.15) is 21.8 Å². The second kappa shape index (κ2) is 10.6. The van der Waals surface area contributed by atoms with Gasteiger partial charge in [-0.15, -0.1) is 0 Å². The highest BCUT2D eigenvalue weighted by molar-refractivity contribution is 6.43. The summed E-state index contributed by atoms with van der Waals surface area (Å²) in [6, 6.07) is 3.64. The molecule has 1 N–H and O–H groups in total. The number of hydrogen-bond donors (Lipinski definition) is 1. The van der Waals surface area contributed by atoms with Crippen LogP contribution in [0.4, 0.5) is 10.7 Å². The Balaban J connectivity index is 1.35. The van der Waals surface area contributed by atoms with Crippen molar-refractivity contribution in [3.8, 4) is 11.3 Å². The minimum Gasteiger partial charge on any atom is -0.444 e. The first-order valence-electron chi connectivity index (χ1n) is 15.1. The molecule has 2 bridgehead atoms. The van der Waals surface area contributed by atoms with E-state index in [2.05, 4.69) is 15.3 Å². The molecule has 4 atom stereocenters. The number of alkyl carbamates (subject to hydrolysis) is 1. The van der Waals surface area contributed by atoms with E-state index in [4.69, 9.17) is 42.8 Å². The highest BCUT2D eigenvalue weighted by Crippen LogP contribution is 2.43. The fraction of sp³-hybridized carbons (Fsp3) is 0.567. The first-order valence-corrected chi connectivity index (χ1v) is 15.9. The van der Waals surface area contributed by atoms with Crippen LogP contribution in [0.15, 0.2) is 16.9 Å². The Hall–Kier alpha value is -3.35. The van der Waals surface area contributed by atoms with Gasteiger partial charge in [0.15, 0.2) is 11.9 Å². The summed E-state index contributed by atoms with van der Waals surface area (Å²) < 4.78 is 16.6. The quantitative estimate of drug-likeness (QED) is 0.317. The number of halogens is 2. The van der Waals surface area contributed by atoms with Crippen LogP contribution in [0.25, 0.3) is 33.2 Å². The summed E-state index contributed by atoms with van der Waals surface area (Å²) in [7, 11) is 3.49. The molecule has 1 unspecified atom stereocenters. The van der Waals surface area contributed by atoms with Crippen LogP contribution in [0.2, 0.25) is 10.2 Å². The number of aryl methyl sites for hydroxylation is 1. The molecule has 44 heavy (non-hydrogen) atoms. The van der Waals surface area contributed by atoms with E-state index in [1.54, 1.807) is 28.0 Å². The summed E-state index contributed by atoms with van der Waals surface area (Å²) in [5.41, 5.74) is 1.26. The molecule has 0 aliphatic carbocycles. The standard InChI is InChI=1S/C30H36Cl2N8O4/c1-30(2,3)44-29(42)33-18-14-15-9-12-19(18)39(15)28-34-26-22(27(41)37(28)4)24(36-40(26)20-8-6-7-13-43-20)16-10-11-17-21(23(16)31)25(32)38(5)35-17/h10-11,15,18-20H,6-9,12-14H2,1-5H3,(H,33,42)/t15-,18+,19+,20?/m0/s1. The van der Waals surface area contributed by atoms with Gasteiger partial charge in [-0.25, -0.2) is 9.48 Å². The molecule has 14 heteroatoms. The van der Waals surface area contributed by atoms with Gasteiger partial charge in [-0.05, 0) is 71.4 Å². The van der Waals surface area contributed by atoms with E-state index < -0.39 is 11.7 Å². The van der Waals surface area contributed by atoms with Crippen molar-refractivity contribution in [2.24, 2.45) is 14.1 Å². The van der Waals surface area contributed by atoms with Crippen LogP contribution in [0.1, 0.15) is 65.5 Å². The molecule has 6 heterocycles. The van der Waals surface area contributed by atoms with Crippen LogP contribution < -0.4 is 15.8 Å². The van der Waals surface area contributed by atoms with Gasteiger partial charge in [-0.2, -0.15) is 15.2 Å². The summed E-state index contributed by atoms with van der Waals surface area (Å²) in [6.45, 7) is 6.14. The number of rotatable bonds is 4. The molecular formula is C30H36Cl2N8O4.